The third kappa shape index (κ3) is 6.67. The van der Waals surface area contributed by atoms with Crippen LogP contribution in [-0.2, 0) is 0 Å². The lowest BCUT2D eigenvalue weighted by molar-refractivity contribution is 0.253. The first-order chi connectivity index (χ1) is 26.3. The molecule has 0 N–H and O–H groups in total. The van der Waals surface area contributed by atoms with Gasteiger partial charge >= 0.3 is 18.1 Å². The number of hydrogen-bond donors (Lipinski definition) is 0. The molecule has 0 bridgehead atoms. The number of urea groups is 3. The van der Waals surface area contributed by atoms with Crippen molar-refractivity contribution >= 4 is 90.2 Å². The minimum absolute atomic E-state index is 0.187. The van der Waals surface area contributed by atoms with Crippen LogP contribution in [0.15, 0.2) is 127 Å². The fourth-order valence-electron chi connectivity index (χ4n) is 7.12. The molecule has 0 aliphatic rings. The Hall–Kier alpha value is -6.81. The monoisotopic (exact) mass is 731 g/mol. The maximum Gasteiger partial charge on any atom is 0.328 e. The molecule has 7 aromatic carbocycles. The summed E-state index contributed by atoms with van der Waals surface area (Å²) in [6.45, 7) is 0. The highest BCUT2D eigenvalue weighted by Crippen LogP contribution is 2.39. The van der Waals surface area contributed by atoms with Crippen molar-refractivity contribution < 1.29 is 14.4 Å². The van der Waals surface area contributed by atoms with Crippen molar-refractivity contribution in [3.63, 3.8) is 0 Å². The molecule has 278 valence electrons. The Labute approximate surface area is 321 Å². The molecule has 0 spiro atoms. The molecule has 0 fully saturated rings. The molecule has 7 aromatic rings. The Morgan fingerprint density at radius 2 is 0.636 bits per heavy atom. The first-order valence-electron chi connectivity index (χ1n) is 18.0. The fourth-order valence-corrected chi connectivity index (χ4v) is 7.12. The van der Waals surface area contributed by atoms with Gasteiger partial charge in [0.25, 0.3) is 0 Å². The summed E-state index contributed by atoms with van der Waals surface area (Å²) in [6.07, 6.45) is 0. The maximum atomic E-state index is 13.9. The molecule has 55 heavy (non-hydrogen) atoms. The molecule has 7 rings (SSSR count). The van der Waals surface area contributed by atoms with Crippen LogP contribution in [0.4, 0.5) is 54.2 Å². The predicted octanol–water partition coefficient (Wildman–Crippen LogP) is 9.73. The maximum absolute atomic E-state index is 13.9. The standard InChI is InChI=1S/C45H45N7O3/c1-46(2)33-16-18-34(19-17-33)47(3)43(53)48(4)35-20-22-36(23-21-35)49(5)44(54)50(6)37-24-26-38(27-25-37)51(7)45(55)52(8)40-29-15-32-13-12-30-10-9-11-31-14-28-39(40)42(32)41(30)31/h9-29H,1-8H3. The summed E-state index contributed by atoms with van der Waals surface area (Å²) in [5.41, 5.74) is 5.39. The van der Waals surface area contributed by atoms with E-state index >= 15 is 0 Å². The molecule has 0 unspecified atom stereocenters. The summed E-state index contributed by atoms with van der Waals surface area (Å²) >= 11 is 0. The minimum Gasteiger partial charge on any atom is -0.378 e. The Balaban J connectivity index is 1.01. The first-order valence-corrected chi connectivity index (χ1v) is 18.0. The van der Waals surface area contributed by atoms with Crippen LogP contribution < -0.4 is 34.3 Å². The van der Waals surface area contributed by atoms with Crippen molar-refractivity contribution in [1.29, 1.82) is 0 Å². The van der Waals surface area contributed by atoms with Crippen LogP contribution in [0.3, 0.4) is 0 Å². The van der Waals surface area contributed by atoms with Gasteiger partial charge in [0.2, 0.25) is 0 Å². The van der Waals surface area contributed by atoms with E-state index in [1.165, 1.54) is 16.2 Å². The molecular weight excluding hydrogens is 687 g/mol. The number of amides is 6. The van der Waals surface area contributed by atoms with E-state index in [9.17, 15) is 14.4 Å². The Bertz CT molecular complexity index is 2500. The Kier molecular flexibility index (Phi) is 9.67. The second-order valence-electron chi connectivity index (χ2n) is 14.1. The molecule has 0 radical (unpaired) electrons. The number of hydrogen-bond acceptors (Lipinski definition) is 4. The van der Waals surface area contributed by atoms with Crippen LogP contribution >= 0.6 is 0 Å². The van der Waals surface area contributed by atoms with E-state index in [-0.39, 0.29) is 18.1 Å². The predicted molar refractivity (Wildman–Crippen MR) is 230 cm³/mol. The summed E-state index contributed by atoms with van der Waals surface area (Å²) in [6, 6.07) is 40.7. The van der Waals surface area contributed by atoms with Gasteiger partial charge in [-0.1, -0.05) is 48.5 Å². The number of nitrogens with zero attached hydrogens (tertiary/aromatic N) is 7. The highest BCUT2D eigenvalue weighted by Gasteiger charge is 2.23. The van der Waals surface area contributed by atoms with Crippen LogP contribution in [0.2, 0.25) is 0 Å². The smallest absolute Gasteiger partial charge is 0.328 e. The van der Waals surface area contributed by atoms with Gasteiger partial charge in [-0.15, -0.1) is 0 Å². The molecule has 0 atom stereocenters. The number of carbonyl (C=O) groups is 3. The third-order valence-corrected chi connectivity index (χ3v) is 10.6. The number of benzene rings is 7. The minimum atomic E-state index is -0.246. The normalized spacial score (nSPS) is 11.1. The Morgan fingerprint density at radius 1 is 0.327 bits per heavy atom. The summed E-state index contributed by atoms with van der Waals surface area (Å²) in [5, 5.41) is 6.87. The summed E-state index contributed by atoms with van der Waals surface area (Å²) in [7, 11) is 14.4. The highest BCUT2D eigenvalue weighted by atomic mass is 16.2. The van der Waals surface area contributed by atoms with Crippen molar-refractivity contribution in [3.8, 4) is 0 Å². The van der Waals surface area contributed by atoms with Crippen molar-refractivity contribution in [2.24, 2.45) is 0 Å². The zero-order chi connectivity index (χ0) is 39.1. The van der Waals surface area contributed by atoms with E-state index in [4.69, 9.17) is 0 Å². The molecule has 10 nitrogen and oxygen atoms in total. The topological polar surface area (TPSA) is 73.9 Å². The lowest BCUT2D eigenvalue weighted by atomic mass is 9.93. The average molecular weight is 732 g/mol. The quantitative estimate of drug-likeness (QED) is 0.153. The summed E-state index contributed by atoms with van der Waals surface area (Å²) < 4.78 is 0. The highest BCUT2D eigenvalue weighted by molar-refractivity contribution is 6.26. The number of anilines is 7. The fraction of sp³-hybridized carbons (Fsp3) is 0.178. The number of rotatable bonds is 7. The molecule has 0 saturated heterocycles. The molecule has 0 aromatic heterocycles. The third-order valence-electron chi connectivity index (χ3n) is 10.6. The van der Waals surface area contributed by atoms with Crippen LogP contribution in [0.25, 0.3) is 32.3 Å². The van der Waals surface area contributed by atoms with Crippen molar-refractivity contribution in [2.45, 2.75) is 0 Å². The zero-order valence-corrected chi connectivity index (χ0v) is 32.5. The van der Waals surface area contributed by atoms with Crippen molar-refractivity contribution in [1.82, 2.24) is 0 Å². The molecule has 10 heteroatoms. The van der Waals surface area contributed by atoms with Gasteiger partial charge in [0.05, 0.1) is 5.69 Å². The van der Waals surface area contributed by atoms with Gasteiger partial charge in [-0.2, -0.15) is 0 Å². The van der Waals surface area contributed by atoms with E-state index in [1.807, 2.05) is 97.9 Å². The molecule has 6 amide bonds. The largest absolute Gasteiger partial charge is 0.378 e. The van der Waals surface area contributed by atoms with Crippen LogP contribution in [-0.4, -0.2) is 74.5 Å². The first kappa shape index (κ1) is 36.5. The van der Waals surface area contributed by atoms with Crippen LogP contribution in [0, 0.1) is 0 Å². The molecule has 0 saturated carbocycles. The van der Waals surface area contributed by atoms with Gasteiger partial charge in [0.1, 0.15) is 0 Å². The molecular formula is C45H45N7O3. The van der Waals surface area contributed by atoms with E-state index in [0.717, 1.165) is 33.2 Å². The van der Waals surface area contributed by atoms with E-state index in [0.29, 0.717) is 22.7 Å². The number of carbonyl (C=O) groups excluding carboxylic acids is 3. The van der Waals surface area contributed by atoms with Gasteiger partial charge in [0.15, 0.2) is 0 Å². The van der Waals surface area contributed by atoms with Gasteiger partial charge in [-0.05, 0) is 106 Å². The van der Waals surface area contributed by atoms with Gasteiger partial charge in [0, 0.05) is 95.9 Å². The van der Waals surface area contributed by atoms with Gasteiger partial charge in [-0.3, -0.25) is 29.4 Å². The van der Waals surface area contributed by atoms with Gasteiger partial charge in [-0.25, -0.2) is 14.4 Å². The van der Waals surface area contributed by atoms with Crippen LogP contribution in [0.5, 0.6) is 0 Å². The summed E-state index contributed by atoms with van der Waals surface area (Å²) in [4.78, 5) is 52.3. The zero-order valence-electron chi connectivity index (χ0n) is 32.5. The van der Waals surface area contributed by atoms with E-state index in [1.54, 1.807) is 71.7 Å². The summed E-state index contributed by atoms with van der Waals surface area (Å²) in [5.74, 6) is 0. The van der Waals surface area contributed by atoms with Crippen molar-refractivity contribution in [2.75, 3.05) is 90.7 Å². The van der Waals surface area contributed by atoms with E-state index in [2.05, 4.69) is 48.5 Å². The Morgan fingerprint density at radius 3 is 1.02 bits per heavy atom. The molecule has 0 heterocycles. The van der Waals surface area contributed by atoms with Crippen LogP contribution in [0.1, 0.15) is 0 Å². The lowest BCUT2D eigenvalue weighted by Gasteiger charge is -2.28. The molecule has 0 aliphatic heterocycles. The average Bonchev–Trinajstić information content (AvgIpc) is 3.23. The molecule has 0 aliphatic carbocycles. The SMILES string of the molecule is CN(C)c1ccc(N(C)C(=O)N(C)c2ccc(N(C)C(=O)N(C)c3ccc(N(C)C(=O)N(C)c4ccc5ccc6cccc7ccc4c5c67)cc3)cc2)cc1. The lowest BCUT2D eigenvalue weighted by Crippen LogP contribution is -2.40. The van der Waals surface area contributed by atoms with E-state index < -0.39 is 0 Å². The second kappa shape index (κ2) is 14.5. The van der Waals surface area contributed by atoms with Crippen molar-refractivity contribution in [3.05, 3.63) is 127 Å². The second-order valence-corrected chi connectivity index (χ2v) is 14.1. The van der Waals surface area contributed by atoms with Gasteiger partial charge < -0.3 is 4.90 Å².